The van der Waals surface area contributed by atoms with Crippen LogP contribution in [0.4, 0.5) is 5.95 Å². The van der Waals surface area contributed by atoms with E-state index in [0.717, 1.165) is 11.3 Å². The van der Waals surface area contributed by atoms with Crippen LogP contribution in [-0.4, -0.2) is 21.8 Å². The maximum Gasteiger partial charge on any atom is 0.263 e. The van der Waals surface area contributed by atoms with E-state index in [-0.39, 0.29) is 6.54 Å². The minimum absolute atomic E-state index is 0.202. The van der Waals surface area contributed by atoms with E-state index in [2.05, 4.69) is 15.5 Å². The maximum atomic E-state index is 10.4. The molecule has 3 aromatic rings. The Balaban J connectivity index is 1.68. The van der Waals surface area contributed by atoms with Crippen molar-refractivity contribution in [3.8, 4) is 11.5 Å². The lowest BCUT2D eigenvalue weighted by Gasteiger charge is -2.20. The molecule has 0 spiro atoms. The SMILES string of the molecule is Cc1ccc(C(C)(O)CNc2noc(-c3ccccc3)n2)o1. The van der Waals surface area contributed by atoms with Gasteiger partial charge in [-0.05, 0) is 43.3 Å². The molecule has 1 unspecified atom stereocenters. The number of nitrogens with one attached hydrogen (secondary N) is 1. The molecule has 0 saturated carbocycles. The molecule has 0 aliphatic rings. The Morgan fingerprint density at radius 3 is 2.64 bits per heavy atom. The van der Waals surface area contributed by atoms with Gasteiger partial charge in [0, 0.05) is 5.56 Å². The number of benzene rings is 1. The van der Waals surface area contributed by atoms with E-state index in [1.54, 1.807) is 13.0 Å². The summed E-state index contributed by atoms with van der Waals surface area (Å²) in [5, 5.41) is 17.3. The number of rotatable bonds is 5. The molecule has 1 aromatic carbocycles. The Morgan fingerprint density at radius 2 is 1.95 bits per heavy atom. The van der Waals surface area contributed by atoms with E-state index >= 15 is 0 Å². The van der Waals surface area contributed by atoms with Gasteiger partial charge in [-0.15, -0.1) is 0 Å². The summed E-state index contributed by atoms with van der Waals surface area (Å²) in [7, 11) is 0. The first-order chi connectivity index (χ1) is 10.5. The molecule has 114 valence electrons. The third-order valence-corrected chi connectivity index (χ3v) is 3.31. The number of aryl methyl sites for hydroxylation is 1. The van der Waals surface area contributed by atoms with E-state index in [1.807, 2.05) is 43.3 Å². The highest BCUT2D eigenvalue weighted by Crippen LogP contribution is 2.24. The minimum atomic E-state index is -1.16. The molecule has 2 heterocycles. The minimum Gasteiger partial charge on any atom is -0.463 e. The van der Waals surface area contributed by atoms with Crippen molar-refractivity contribution < 1.29 is 14.0 Å². The second kappa shape index (κ2) is 5.65. The molecule has 6 nitrogen and oxygen atoms in total. The fourth-order valence-corrected chi connectivity index (χ4v) is 2.06. The first-order valence-electron chi connectivity index (χ1n) is 6.97. The predicted molar refractivity (Wildman–Crippen MR) is 81.2 cm³/mol. The van der Waals surface area contributed by atoms with Crippen molar-refractivity contribution in [1.82, 2.24) is 10.1 Å². The second-order valence-corrected chi connectivity index (χ2v) is 5.33. The highest BCUT2D eigenvalue weighted by Gasteiger charge is 2.27. The van der Waals surface area contributed by atoms with Gasteiger partial charge in [0.2, 0.25) is 0 Å². The molecular weight excluding hydrogens is 282 g/mol. The molecule has 0 bridgehead atoms. The first kappa shape index (κ1) is 14.3. The highest BCUT2D eigenvalue weighted by atomic mass is 16.5. The van der Waals surface area contributed by atoms with Gasteiger partial charge < -0.3 is 19.4 Å². The average molecular weight is 299 g/mol. The summed E-state index contributed by atoms with van der Waals surface area (Å²) in [6, 6.07) is 13.1. The van der Waals surface area contributed by atoms with Crippen molar-refractivity contribution in [1.29, 1.82) is 0 Å². The number of hydrogen-bond acceptors (Lipinski definition) is 6. The van der Waals surface area contributed by atoms with Gasteiger partial charge in [0.15, 0.2) is 0 Å². The summed E-state index contributed by atoms with van der Waals surface area (Å²) >= 11 is 0. The maximum absolute atomic E-state index is 10.4. The smallest absolute Gasteiger partial charge is 0.263 e. The van der Waals surface area contributed by atoms with Crippen LogP contribution in [0.15, 0.2) is 51.4 Å². The fourth-order valence-electron chi connectivity index (χ4n) is 2.06. The topological polar surface area (TPSA) is 84.3 Å². The molecule has 0 fully saturated rings. The van der Waals surface area contributed by atoms with E-state index in [0.29, 0.717) is 17.6 Å². The number of anilines is 1. The van der Waals surface area contributed by atoms with Crippen molar-refractivity contribution in [2.24, 2.45) is 0 Å². The molecule has 0 aliphatic carbocycles. The quantitative estimate of drug-likeness (QED) is 0.753. The summed E-state index contributed by atoms with van der Waals surface area (Å²) in [5.74, 6) is 1.99. The summed E-state index contributed by atoms with van der Waals surface area (Å²) in [4.78, 5) is 4.25. The zero-order valence-electron chi connectivity index (χ0n) is 12.4. The summed E-state index contributed by atoms with van der Waals surface area (Å²) < 4.78 is 10.7. The molecule has 2 aromatic heterocycles. The van der Waals surface area contributed by atoms with Crippen molar-refractivity contribution in [2.75, 3.05) is 11.9 Å². The van der Waals surface area contributed by atoms with Gasteiger partial charge in [-0.3, -0.25) is 0 Å². The molecular formula is C16H17N3O3. The predicted octanol–water partition coefficient (Wildman–Crippen LogP) is 2.96. The summed E-state index contributed by atoms with van der Waals surface area (Å²) in [6.45, 7) is 3.70. The van der Waals surface area contributed by atoms with E-state index < -0.39 is 5.60 Å². The van der Waals surface area contributed by atoms with Gasteiger partial charge in [-0.25, -0.2) is 0 Å². The van der Waals surface area contributed by atoms with E-state index in [1.165, 1.54) is 0 Å². The lowest BCUT2D eigenvalue weighted by molar-refractivity contribution is 0.0466. The van der Waals surface area contributed by atoms with Crippen molar-refractivity contribution in [2.45, 2.75) is 19.4 Å². The zero-order valence-corrected chi connectivity index (χ0v) is 12.4. The largest absolute Gasteiger partial charge is 0.463 e. The van der Waals surface area contributed by atoms with Crippen molar-refractivity contribution in [3.63, 3.8) is 0 Å². The Morgan fingerprint density at radius 1 is 1.18 bits per heavy atom. The van der Waals surface area contributed by atoms with Gasteiger partial charge in [0.05, 0.1) is 6.54 Å². The van der Waals surface area contributed by atoms with Crippen LogP contribution in [0.5, 0.6) is 0 Å². The van der Waals surface area contributed by atoms with Crippen LogP contribution in [0.3, 0.4) is 0 Å². The highest BCUT2D eigenvalue weighted by molar-refractivity contribution is 5.53. The van der Waals surface area contributed by atoms with Gasteiger partial charge >= 0.3 is 0 Å². The Bertz CT molecular complexity index is 747. The Kier molecular flexibility index (Phi) is 3.68. The van der Waals surface area contributed by atoms with Crippen LogP contribution in [0.25, 0.3) is 11.5 Å². The average Bonchev–Trinajstić information content (AvgIpc) is 3.15. The standard InChI is InChI=1S/C16H17N3O3/c1-11-8-9-13(21-11)16(2,20)10-17-15-18-14(22-19-15)12-6-4-3-5-7-12/h3-9,20H,10H2,1-2H3,(H,17,19). The molecule has 3 rings (SSSR count). The van der Waals surface area contributed by atoms with E-state index in [4.69, 9.17) is 8.94 Å². The Labute approximate surface area is 127 Å². The van der Waals surface area contributed by atoms with Gasteiger partial charge in [-0.2, -0.15) is 4.98 Å². The number of aliphatic hydroxyl groups is 1. The first-order valence-corrected chi connectivity index (χ1v) is 6.97. The second-order valence-electron chi connectivity index (χ2n) is 5.33. The zero-order chi connectivity index (χ0) is 15.6. The monoisotopic (exact) mass is 299 g/mol. The summed E-state index contributed by atoms with van der Waals surface area (Å²) in [6.07, 6.45) is 0. The molecule has 0 aliphatic heterocycles. The number of furan rings is 1. The molecule has 2 N–H and O–H groups in total. The third-order valence-electron chi connectivity index (χ3n) is 3.31. The van der Waals surface area contributed by atoms with Crippen LogP contribution in [0.2, 0.25) is 0 Å². The van der Waals surface area contributed by atoms with E-state index in [9.17, 15) is 5.11 Å². The molecule has 0 radical (unpaired) electrons. The van der Waals surface area contributed by atoms with Crippen LogP contribution < -0.4 is 5.32 Å². The van der Waals surface area contributed by atoms with Crippen molar-refractivity contribution >= 4 is 5.95 Å². The number of hydrogen-bond donors (Lipinski definition) is 2. The van der Waals surface area contributed by atoms with Gasteiger partial charge in [0.25, 0.3) is 11.8 Å². The molecule has 1 atom stereocenters. The normalized spacial score (nSPS) is 13.8. The molecule has 0 amide bonds. The van der Waals surface area contributed by atoms with Gasteiger partial charge in [-0.1, -0.05) is 18.2 Å². The molecule has 6 heteroatoms. The fraction of sp³-hybridized carbons (Fsp3) is 0.250. The van der Waals surface area contributed by atoms with Crippen LogP contribution in [0, 0.1) is 6.92 Å². The number of aromatic nitrogens is 2. The van der Waals surface area contributed by atoms with Crippen LogP contribution in [-0.2, 0) is 5.60 Å². The van der Waals surface area contributed by atoms with Crippen LogP contribution >= 0.6 is 0 Å². The van der Waals surface area contributed by atoms with Gasteiger partial charge in [0.1, 0.15) is 17.1 Å². The Hall–Kier alpha value is -2.60. The number of nitrogens with zero attached hydrogens (tertiary/aromatic N) is 2. The lowest BCUT2D eigenvalue weighted by Crippen LogP contribution is -2.30. The lowest BCUT2D eigenvalue weighted by atomic mass is 10.0. The molecule has 22 heavy (non-hydrogen) atoms. The van der Waals surface area contributed by atoms with Crippen molar-refractivity contribution in [3.05, 3.63) is 54.0 Å². The molecule has 0 saturated heterocycles. The van der Waals surface area contributed by atoms with Crippen LogP contribution in [0.1, 0.15) is 18.4 Å². The summed E-state index contributed by atoms with van der Waals surface area (Å²) in [5.41, 5.74) is -0.321. The third kappa shape index (κ3) is 3.01.